The number of fused-ring (bicyclic) bond motifs is 1. The van der Waals surface area contributed by atoms with Crippen LogP contribution in [0, 0.1) is 5.92 Å². The second-order valence-electron chi connectivity index (χ2n) is 10.4. The van der Waals surface area contributed by atoms with Crippen LogP contribution in [0.1, 0.15) is 57.9 Å². The molecule has 1 unspecified atom stereocenters. The van der Waals surface area contributed by atoms with Crippen molar-refractivity contribution in [1.29, 1.82) is 0 Å². The molecule has 1 fully saturated rings. The molecule has 1 atom stereocenters. The third-order valence-electron chi connectivity index (χ3n) is 7.42. The highest BCUT2D eigenvalue weighted by molar-refractivity contribution is 5.94. The summed E-state index contributed by atoms with van der Waals surface area (Å²) >= 11 is 0. The molecule has 182 valence electrons. The monoisotopic (exact) mass is 467 g/mol. The van der Waals surface area contributed by atoms with Crippen LogP contribution in [0.5, 0.6) is 0 Å². The Morgan fingerprint density at radius 1 is 0.857 bits per heavy atom. The van der Waals surface area contributed by atoms with Gasteiger partial charge in [-0.15, -0.1) is 0 Å². The van der Waals surface area contributed by atoms with Gasteiger partial charge in [-0.25, -0.2) is 0 Å². The van der Waals surface area contributed by atoms with Crippen LogP contribution in [-0.4, -0.2) is 35.3 Å². The summed E-state index contributed by atoms with van der Waals surface area (Å²) in [6.07, 6.45) is 3.74. The first-order chi connectivity index (χ1) is 17.1. The zero-order valence-corrected chi connectivity index (χ0v) is 20.9. The van der Waals surface area contributed by atoms with E-state index < -0.39 is 0 Å². The van der Waals surface area contributed by atoms with Crippen molar-refractivity contribution in [2.45, 2.75) is 52.4 Å². The number of hydrogen-bond donors (Lipinski definition) is 1. The lowest BCUT2D eigenvalue weighted by molar-refractivity contribution is 0.0951. The summed E-state index contributed by atoms with van der Waals surface area (Å²) < 4.78 is 0. The summed E-state index contributed by atoms with van der Waals surface area (Å²) in [5.74, 6) is 0.769. The van der Waals surface area contributed by atoms with Crippen LogP contribution < -0.4 is 5.32 Å². The number of rotatable bonds is 7. The average Bonchev–Trinajstić information content (AvgIpc) is 2.88. The number of likely N-dealkylation sites (tertiary alicyclic amines) is 1. The summed E-state index contributed by atoms with van der Waals surface area (Å²) in [6, 6.07) is 25.5. The number of piperidine rings is 1. The van der Waals surface area contributed by atoms with Gasteiger partial charge in [-0.2, -0.15) is 0 Å². The minimum absolute atomic E-state index is 0.0128. The summed E-state index contributed by atoms with van der Waals surface area (Å²) in [7, 11) is 0. The molecular weight excluding hydrogens is 430 g/mol. The lowest BCUT2D eigenvalue weighted by Gasteiger charge is -2.30. The maximum Gasteiger partial charge on any atom is 0.251 e. The van der Waals surface area contributed by atoms with Gasteiger partial charge in [0.05, 0.1) is 0 Å². The standard InChI is InChI=1S/C31H37N3O/c1-24-6-5-16-33(20-24)21-25-11-13-29(14-12-25)31(35)32-19-26-7-4-8-27(18-26)22-34-17-15-28-9-2-3-10-30(28)23-34/h2-4,7-14,18,24H,5-6,15-17,19-23H2,1H3,(H,32,35). The van der Waals surface area contributed by atoms with Gasteiger partial charge < -0.3 is 5.32 Å². The predicted octanol–water partition coefficient (Wildman–Crippen LogP) is 5.41. The molecule has 2 heterocycles. The van der Waals surface area contributed by atoms with E-state index in [1.54, 1.807) is 0 Å². The lowest BCUT2D eigenvalue weighted by Crippen LogP contribution is -2.33. The molecule has 0 bridgehead atoms. The van der Waals surface area contributed by atoms with Crippen molar-refractivity contribution in [2.24, 2.45) is 5.92 Å². The van der Waals surface area contributed by atoms with Crippen LogP contribution in [0.4, 0.5) is 0 Å². The van der Waals surface area contributed by atoms with E-state index in [1.807, 2.05) is 12.1 Å². The molecule has 3 aromatic rings. The van der Waals surface area contributed by atoms with Crippen LogP contribution in [0.3, 0.4) is 0 Å². The molecule has 35 heavy (non-hydrogen) atoms. The number of hydrogen-bond acceptors (Lipinski definition) is 3. The number of carbonyl (C=O) groups is 1. The van der Waals surface area contributed by atoms with Gasteiger partial charge in [0.15, 0.2) is 0 Å². The average molecular weight is 468 g/mol. The Bertz CT molecular complexity index is 1140. The van der Waals surface area contributed by atoms with Gasteiger partial charge in [0.1, 0.15) is 0 Å². The Hall–Kier alpha value is -2.95. The van der Waals surface area contributed by atoms with Gasteiger partial charge in [0, 0.05) is 44.8 Å². The SMILES string of the molecule is CC1CCCN(Cc2ccc(C(=O)NCc3cccc(CN4CCc5ccccc5C4)c3)cc2)C1. The molecule has 1 N–H and O–H groups in total. The highest BCUT2D eigenvalue weighted by atomic mass is 16.1. The van der Waals surface area contributed by atoms with Crippen LogP contribution in [0.15, 0.2) is 72.8 Å². The van der Waals surface area contributed by atoms with Crippen molar-refractivity contribution in [3.63, 3.8) is 0 Å². The Kier molecular flexibility index (Phi) is 7.60. The van der Waals surface area contributed by atoms with E-state index >= 15 is 0 Å². The van der Waals surface area contributed by atoms with Gasteiger partial charge >= 0.3 is 0 Å². The Balaban J connectivity index is 1.12. The first kappa shape index (κ1) is 23.8. The molecule has 5 rings (SSSR count). The number of nitrogens with zero attached hydrogens (tertiary/aromatic N) is 2. The van der Waals surface area contributed by atoms with E-state index in [1.165, 1.54) is 48.2 Å². The maximum absolute atomic E-state index is 12.8. The highest BCUT2D eigenvalue weighted by Gasteiger charge is 2.17. The fraction of sp³-hybridized carbons (Fsp3) is 0.387. The van der Waals surface area contributed by atoms with E-state index in [4.69, 9.17) is 0 Å². The summed E-state index contributed by atoms with van der Waals surface area (Å²) in [5.41, 5.74) is 7.37. The Morgan fingerprint density at radius 2 is 1.63 bits per heavy atom. The Labute approximate surface area is 210 Å². The fourth-order valence-electron chi connectivity index (χ4n) is 5.52. The number of benzene rings is 3. The van der Waals surface area contributed by atoms with Gasteiger partial charge in [0.2, 0.25) is 0 Å². The molecule has 0 saturated carbocycles. The third kappa shape index (κ3) is 6.39. The molecule has 2 aliphatic rings. The molecule has 1 saturated heterocycles. The molecule has 4 nitrogen and oxygen atoms in total. The normalized spacial score (nSPS) is 18.7. The molecule has 1 amide bonds. The minimum atomic E-state index is -0.0128. The van der Waals surface area contributed by atoms with Crippen molar-refractivity contribution < 1.29 is 4.79 Å². The van der Waals surface area contributed by atoms with Gasteiger partial charge in [-0.3, -0.25) is 14.6 Å². The van der Waals surface area contributed by atoms with Crippen molar-refractivity contribution in [3.8, 4) is 0 Å². The Morgan fingerprint density at radius 3 is 2.46 bits per heavy atom. The van der Waals surface area contributed by atoms with Crippen LogP contribution in [0.2, 0.25) is 0 Å². The van der Waals surface area contributed by atoms with Crippen LogP contribution >= 0.6 is 0 Å². The summed E-state index contributed by atoms with van der Waals surface area (Å²) in [5, 5.41) is 3.10. The molecule has 0 radical (unpaired) electrons. The minimum Gasteiger partial charge on any atom is -0.348 e. The molecule has 0 spiro atoms. The topological polar surface area (TPSA) is 35.6 Å². The van der Waals surface area contributed by atoms with E-state index in [0.29, 0.717) is 6.54 Å². The van der Waals surface area contributed by atoms with E-state index in [0.717, 1.165) is 49.6 Å². The number of amides is 1. The maximum atomic E-state index is 12.8. The molecule has 2 aliphatic heterocycles. The second-order valence-corrected chi connectivity index (χ2v) is 10.4. The van der Waals surface area contributed by atoms with Gasteiger partial charge in [-0.05, 0) is 71.7 Å². The molecule has 0 aliphatic carbocycles. The van der Waals surface area contributed by atoms with E-state index in [-0.39, 0.29) is 5.91 Å². The molecule has 4 heteroatoms. The van der Waals surface area contributed by atoms with Gasteiger partial charge in [0.25, 0.3) is 5.91 Å². The van der Waals surface area contributed by atoms with Crippen molar-refractivity contribution >= 4 is 5.91 Å². The van der Waals surface area contributed by atoms with Crippen LogP contribution in [0.25, 0.3) is 0 Å². The van der Waals surface area contributed by atoms with Crippen LogP contribution in [-0.2, 0) is 32.6 Å². The summed E-state index contributed by atoms with van der Waals surface area (Å²) in [4.78, 5) is 17.8. The molecule has 3 aromatic carbocycles. The van der Waals surface area contributed by atoms with E-state index in [9.17, 15) is 4.79 Å². The van der Waals surface area contributed by atoms with Crippen molar-refractivity contribution in [3.05, 3.63) is 106 Å². The van der Waals surface area contributed by atoms with Crippen molar-refractivity contribution in [2.75, 3.05) is 19.6 Å². The predicted molar refractivity (Wildman–Crippen MR) is 142 cm³/mol. The number of carbonyl (C=O) groups excluding carboxylic acids is 1. The zero-order chi connectivity index (χ0) is 24.0. The highest BCUT2D eigenvalue weighted by Crippen LogP contribution is 2.21. The van der Waals surface area contributed by atoms with E-state index in [2.05, 4.69) is 82.7 Å². The lowest BCUT2D eigenvalue weighted by atomic mass is 9.99. The zero-order valence-electron chi connectivity index (χ0n) is 20.9. The molecule has 0 aromatic heterocycles. The first-order valence-corrected chi connectivity index (χ1v) is 13.1. The largest absolute Gasteiger partial charge is 0.348 e. The quantitative estimate of drug-likeness (QED) is 0.505. The smallest absolute Gasteiger partial charge is 0.251 e. The van der Waals surface area contributed by atoms with Gasteiger partial charge in [-0.1, -0.05) is 67.6 Å². The third-order valence-corrected chi connectivity index (χ3v) is 7.42. The summed E-state index contributed by atoms with van der Waals surface area (Å²) in [6.45, 7) is 9.23. The fourth-order valence-corrected chi connectivity index (χ4v) is 5.52. The molecular formula is C31H37N3O. The first-order valence-electron chi connectivity index (χ1n) is 13.1. The second kappa shape index (κ2) is 11.2. The number of nitrogens with one attached hydrogen (secondary N) is 1. The van der Waals surface area contributed by atoms with Crippen molar-refractivity contribution in [1.82, 2.24) is 15.1 Å².